The number of nitrogens with zero attached hydrogens (tertiary/aromatic N) is 1. The summed E-state index contributed by atoms with van der Waals surface area (Å²) in [5.41, 5.74) is 0.885. The van der Waals surface area contributed by atoms with E-state index in [0.717, 1.165) is 18.5 Å². The lowest BCUT2D eigenvalue weighted by Crippen LogP contribution is -2.52. The number of carbonyl (C=O) groups excluding carboxylic acids is 2. The maximum atomic E-state index is 12.9. The van der Waals surface area contributed by atoms with Crippen molar-refractivity contribution in [1.29, 1.82) is 0 Å². The first-order valence-electron chi connectivity index (χ1n) is 8.99. The van der Waals surface area contributed by atoms with Gasteiger partial charge in [0.15, 0.2) is 0 Å². The molecule has 5 nitrogen and oxygen atoms in total. The fourth-order valence-electron chi connectivity index (χ4n) is 4.73. The second-order valence-corrected chi connectivity index (χ2v) is 8.80. The van der Waals surface area contributed by atoms with Gasteiger partial charge >= 0.3 is 0 Å². The smallest absolute Gasteiger partial charge is 0.224 e. The number of allylic oxidation sites excluding steroid dienone is 1. The molecule has 4 atom stereocenters. The van der Waals surface area contributed by atoms with Crippen molar-refractivity contribution >= 4 is 42.1 Å². The van der Waals surface area contributed by atoms with Crippen molar-refractivity contribution in [3.8, 4) is 0 Å². The van der Waals surface area contributed by atoms with Crippen molar-refractivity contribution in [2.24, 2.45) is 16.8 Å². The van der Waals surface area contributed by atoms with Crippen LogP contribution in [0.25, 0.3) is 0 Å². The van der Waals surface area contributed by atoms with Crippen LogP contribution >= 0.6 is 24.2 Å². The highest BCUT2D eigenvalue weighted by Gasteiger charge is 2.59. The Labute approximate surface area is 158 Å². The van der Waals surface area contributed by atoms with Gasteiger partial charge in [-0.2, -0.15) is 0 Å². The second-order valence-electron chi connectivity index (χ2n) is 7.45. The number of carbonyl (C=O) groups is 2. The van der Waals surface area contributed by atoms with E-state index in [0.29, 0.717) is 18.6 Å². The first kappa shape index (κ1) is 18.9. The first-order chi connectivity index (χ1) is 11.6. The minimum atomic E-state index is -0.759. The number of ketones is 1. The lowest BCUT2D eigenvalue weighted by Gasteiger charge is -2.42. The quantitative estimate of drug-likeness (QED) is 0.765. The molecule has 4 aliphatic rings. The van der Waals surface area contributed by atoms with E-state index in [1.54, 1.807) is 18.0 Å². The van der Waals surface area contributed by atoms with Crippen LogP contribution in [-0.4, -0.2) is 45.7 Å². The normalized spacial score (nSPS) is 37.6. The standard InChI is InChI=1S/C18H24N2O3S.ClH/c21-12-6-7-15-18(8-12)16(14(22)9-19-15)13(10-24-18)17(23)20-11-4-2-1-3-5-11;/h7,9,11,13-14,16,22H,1-6,8,10H2,(H,20,23);1H. The summed E-state index contributed by atoms with van der Waals surface area (Å²) in [4.78, 5) is 29.3. The fraction of sp³-hybridized carbons (Fsp3) is 0.722. The summed E-state index contributed by atoms with van der Waals surface area (Å²) < 4.78 is -0.502. The highest BCUT2D eigenvalue weighted by atomic mass is 35.5. The molecule has 1 spiro atoms. The Hall–Kier alpha value is -0.850. The minimum absolute atomic E-state index is 0. The first-order valence-corrected chi connectivity index (χ1v) is 9.98. The Morgan fingerprint density at radius 2 is 2.08 bits per heavy atom. The molecule has 1 amide bonds. The molecule has 4 unspecified atom stereocenters. The molecule has 1 saturated heterocycles. The summed E-state index contributed by atoms with van der Waals surface area (Å²) in [5, 5.41) is 13.7. The molecule has 1 saturated carbocycles. The van der Waals surface area contributed by atoms with E-state index >= 15 is 0 Å². The van der Waals surface area contributed by atoms with Gasteiger partial charge in [0.2, 0.25) is 5.91 Å². The Kier molecular flexibility index (Phi) is 5.61. The number of nitrogens with one attached hydrogen (secondary N) is 1. The van der Waals surface area contributed by atoms with Gasteiger partial charge in [0, 0.05) is 36.8 Å². The molecule has 0 aromatic rings. The van der Waals surface area contributed by atoms with Gasteiger partial charge in [0.25, 0.3) is 0 Å². The van der Waals surface area contributed by atoms with Gasteiger partial charge < -0.3 is 10.4 Å². The Morgan fingerprint density at radius 1 is 1.32 bits per heavy atom. The molecule has 0 aromatic carbocycles. The summed E-state index contributed by atoms with van der Waals surface area (Å²) in [7, 11) is 0. The Bertz CT molecular complexity index is 617. The molecule has 138 valence electrons. The molecule has 2 aliphatic carbocycles. The number of hydrogen-bond donors (Lipinski definition) is 2. The molecule has 4 rings (SSSR count). The van der Waals surface area contributed by atoms with E-state index in [9.17, 15) is 14.7 Å². The predicted molar refractivity (Wildman–Crippen MR) is 101 cm³/mol. The van der Waals surface area contributed by atoms with Crippen LogP contribution in [0.3, 0.4) is 0 Å². The van der Waals surface area contributed by atoms with Crippen molar-refractivity contribution in [3.63, 3.8) is 0 Å². The number of amides is 1. The zero-order chi connectivity index (χ0) is 16.7. The fourth-order valence-corrected chi connectivity index (χ4v) is 6.61. The van der Waals surface area contributed by atoms with E-state index in [4.69, 9.17) is 0 Å². The average molecular weight is 385 g/mol. The number of aliphatic hydroxyl groups is 1. The molecule has 0 aromatic heterocycles. The number of thioether (sulfide) groups is 1. The molecule has 7 heteroatoms. The molecule has 2 N–H and O–H groups in total. The largest absolute Gasteiger partial charge is 0.387 e. The summed E-state index contributed by atoms with van der Waals surface area (Å²) in [5.74, 6) is 0.359. The zero-order valence-electron chi connectivity index (χ0n) is 14.1. The van der Waals surface area contributed by atoms with Crippen molar-refractivity contribution in [2.75, 3.05) is 5.75 Å². The van der Waals surface area contributed by atoms with Gasteiger partial charge in [0.05, 0.1) is 22.5 Å². The molecular weight excluding hydrogens is 360 g/mol. The van der Waals surface area contributed by atoms with E-state index in [1.807, 2.05) is 6.08 Å². The van der Waals surface area contributed by atoms with E-state index in [1.165, 1.54) is 19.3 Å². The average Bonchev–Trinajstić information content (AvgIpc) is 2.95. The van der Waals surface area contributed by atoms with Crippen molar-refractivity contribution in [2.45, 2.75) is 61.8 Å². The molecule has 2 aliphatic heterocycles. The maximum absolute atomic E-state index is 12.9. The zero-order valence-corrected chi connectivity index (χ0v) is 15.8. The van der Waals surface area contributed by atoms with Crippen molar-refractivity contribution in [3.05, 3.63) is 11.8 Å². The van der Waals surface area contributed by atoms with Crippen LogP contribution in [0.5, 0.6) is 0 Å². The summed E-state index contributed by atoms with van der Waals surface area (Å²) in [6.45, 7) is 0. The van der Waals surface area contributed by atoms with Crippen LogP contribution in [0.15, 0.2) is 16.8 Å². The summed E-state index contributed by atoms with van der Waals surface area (Å²) in [6, 6.07) is 0.269. The van der Waals surface area contributed by atoms with Gasteiger partial charge in [-0.05, 0) is 12.8 Å². The highest BCUT2D eigenvalue weighted by Crippen LogP contribution is 2.57. The van der Waals surface area contributed by atoms with Crippen molar-refractivity contribution in [1.82, 2.24) is 5.32 Å². The van der Waals surface area contributed by atoms with Crippen LogP contribution in [-0.2, 0) is 9.59 Å². The molecular formula is C18H25ClN2O3S. The van der Waals surface area contributed by atoms with Crippen LogP contribution in [0.4, 0.5) is 0 Å². The van der Waals surface area contributed by atoms with Gasteiger partial charge in [-0.15, -0.1) is 24.2 Å². The molecule has 0 radical (unpaired) electrons. The number of rotatable bonds is 2. The number of Topliss-reactive ketones (excluding diaryl/α,β-unsaturated/α-hetero) is 1. The SMILES string of the molecule is Cl.O=C1CC=C2N=CC(O)C3C(C(=O)NC4CCCCC4)CSC23C1. The van der Waals surface area contributed by atoms with Crippen LogP contribution < -0.4 is 5.32 Å². The van der Waals surface area contributed by atoms with Gasteiger partial charge in [-0.1, -0.05) is 25.3 Å². The third-order valence-corrected chi connectivity index (χ3v) is 7.60. The second kappa shape index (κ2) is 7.41. The number of hydrogen-bond acceptors (Lipinski definition) is 5. The lowest BCUT2D eigenvalue weighted by molar-refractivity contribution is -0.129. The number of halogens is 1. The number of aliphatic hydroxyl groups excluding tert-OH is 1. The van der Waals surface area contributed by atoms with E-state index < -0.39 is 10.9 Å². The summed E-state index contributed by atoms with van der Waals surface area (Å²) >= 11 is 1.64. The molecule has 25 heavy (non-hydrogen) atoms. The van der Waals surface area contributed by atoms with Crippen LogP contribution in [0.1, 0.15) is 44.9 Å². The monoisotopic (exact) mass is 384 g/mol. The minimum Gasteiger partial charge on any atom is -0.387 e. The van der Waals surface area contributed by atoms with Crippen molar-refractivity contribution < 1.29 is 14.7 Å². The summed E-state index contributed by atoms with van der Waals surface area (Å²) in [6.07, 6.45) is 9.18. The lowest BCUT2D eigenvalue weighted by atomic mass is 9.70. The third kappa shape index (κ3) is 3.28. The molecule has 2 fully saturated rings. The number of aliphatic imine (C=N–C) groups is 1. The molecule has 2 heterocycles. The predicted octanol–water partition coefficient (Wildman–Crippen LogP) is 2.27. The van der Waals surface area contributed by atoms with E-state index in [2.05, 4.69) is 10.3 Å². The van der Waals surface area contributed by atoms with Gasteiger partial charge in [-0.3, -0.25) is 14.6 Å². The highest BCUT2D eigenvalue weighted by molar-refractivity contribution is 8.01. The molecule has 0 bridgehead atoms. The topological polar surface area (TPSA) is 78.8 Å². The van der Waals surface area contributed by atoms with Gasteiger partial charge in [0.1, 0.15) is 5.78 Å². The van der Waals surface area contributed by atoms with Gasteiger partial charge in [-0.25, -0.2) is 0 Å². The third-order valence-electron chi connectivity index (χ3n) is 5.93. The van der Waals surface area contributed by atoms with Crippen LogP contribution in [0, 0.1) is 11.8 Å². The Balaban J connectivity index is 0.00000182. The van der Waals surface area contributed by atoms with Crippen LogP contribution in [0.2, 0.25) is 0 Å². The van der Waals surface area contributed by atoms with E-state index in [-0.39, 0.29) is 42.0 Å². The maximum Gasteiger partial charge on any atom is 0.224 e. The Morgan fingerprint density at radius 3 is 2.84 bits per heavy atom.